The van der Waals surface area contributed by atoms with E-state index in [1.807, 2.05) is 6.92 Å². The summed E-state index contributed by atoms with van der Waals surface area (Å²) in [6.45, 7) is 8.47. The highest BCUT2D eigenvalue weighted by molar-refractivity contribution is 5.81. The Morgan fingerprint density at radius 3 is 2.73 bits per heavy atom. The lowest BCUT2D eigenvalue weighted by Crippen LogP contribution is -2.54. The van der Waals surface area contributed by atoms with Gasteiger partial charge in [0.05, 0.1) is 18.8 Å². The number of hydrogen-bond acceptors (Lipinski definition) is 3. The number of benzene rings is 1. The molecule has 0 spiro atoms. The number of ether oxygens (including phenoxy) is 1. The fourth-order valence-corrected chi connectivity index (χ4v) is 4.15. The quantitative estimate of drug-likeness (QED) is 0.891. The van der Waals surface area contributed by atoms with Crippen LogP contribution in [0.3, 0.4) is 0 Å². The van der Waals surface area contributed by atoms with Crippen molar-refractivity contribution in [3.05, 3.63) is 35.6 Å². The number of nitrogens with zero attached hydrogens (tertiary/aromatic N) is 1. The Kier molecular flexibility index (Phi) is 6.30. The number of morpholine rings is 1. The first-order valence-electron chi connectivity index (χ1n) is 9.87. The minimum absolute atomic E-state index is 0.107. The molecule has 1 aliphatic carbocycles. The van der Waals surface area contributed by atoms with E-state index in [4.69, 9.17) is 4.74 Å². The van der Waals surface area contributed by atoms with Crippen LogP contribution in [0.5, 0.6) is 0 Å². The summed E-state index contributed by atoms with van der Waals surface area (Å²) in [5.74, 6) is 1.05. The number of rotatable bonds is 4. The Balaban J connectivity index is 1.58. The zero-order valence-electron chi connectivity index (χ0n) is 16.1. The first-order valence-corrected chi connectivity index (χ1v) is 9.87. The molecule has 1 saturated heterocycles. The summed E-state index contributed by atoms with van der Waals surface area (Å²) in [6.07, 6.45) is 3.40. The van der Waals surface area contributed by atoms with Crippen LogP contribution in [0.15, 0.2) is 24.3 Å². The fourth-order valence-electron chi connectivity index (χ4n) is 4.15. The van der Waals surface area contributed by atoms with Gasteiger partial charge in [-0.3, -0.25) is 9.69 Å². The topological polar surface area (TPSA) is 41.6 Å². The Labute approximate surface area is 156 Å². The van der Waals surface area contributed by atoms with Gasteiger partial charge in [0.15, 0.2) is 0 Å². The molecule has 1 heterocycles. The molecule has 2 fully saturated rings. The largest absolute Gasteiger partial charge is 0.371 e. The summed E-state index contributed by atoms with van der Waals surface area (Å²) < 4.78 is 19.0. The summed E-state index contributed by atoms with van der Waals surface area (Å²) in [5, 5.41) is 3.29. The molecule has 0 bridgehead atoms. The molecule has 3 rings (SSSR count). The molecule has 5 atom stereocenters. The normalized spacial score (nSPS) is 31.4. The van der Waals surface area contributed by atoms with Crippen molar-refractivity contribution in [3.63, 3.8) is 0 Å². The van der Waals surface area contributed by atoms with Gasteiger partial charge in [-0.05, 0) is 42.9 Å². The SMILES string of the molecule is C[C@@H]1[C@H](C)CCC[C@@H]1NC(=O)[C@@H](C)N1CCO[C@H](c2ccc(F)cc2)C1. The second-order valence-corrected chi connectivity index (χ2v) is 7.96. The highest BCUT2D eigenvalue weighted by atomic mass is 19.1. The van der Waals surface area contributed by atoms with Crippen LogP contribution in [0, 0.1) is 17.7 Å². The highest BCUT2D eigenvalue weighted by Gasteiger charge is 2.32. The second-order valence-electron chi connectivity index (χ2n) is 7.96. The Hall–Kier alpha value is -1.46. The summed E-state index contributed by atoms with van der Waals surface area (Å²) >= 11 is 0. The van der Waals surface area contributed by atoms with Crippen LogP contribution < -0.4 is 5.32 Å². The molecule has 4 nitrogen and oxygen atoms in total. The lowest BCUT2D eigenvalue weighted by molar-refractivity contribution is -0.130. The molecular weight excluding hydrogens is 331 g/mol. The molecule has 1 aromatic carbocycles. The molecule has 0 radical (unpaired) electrons. The zero-order chi connectivity index (χ0) is 18.7. The molecule has 2 aliphatic rings. The molecule has 0 aromatic heterocycles. The molecule has 26 heavy (non-hydrogen) atoms. The molecule has 1 aliphatic heterocycles. The van der Waals surface area contributed by atoms with Crippen molar-refractivity contribution < 1.29 is 13.9 Å². The highest BCUT2D eigenvalue weighted by Crippen LogP contribution is 2.30. The predicted octanol–water partition coefficient (Wildman–Crippen LogP) is 3.53. The van der Waals surface area contributed by atoms with E-state index in [0.29, 0.717) is 25.0 Å². The third kappa shape index (κ3) is 4.44. The van der Waals surface area contributed by atoms with E-state index in [0.717, 1.165) is 18.5 Å². The van der Waals surface area contributed by atoms with Crippen molar-refractivity contribution in [2.24, 2.45) is 11.8 Å². The van der Waals surface area contributed by atoms with Gasteiger partial charge >= 0.3 is 0 Å². The molecule has 1 amide bonds. The average molecular weight is 362 g/mol. The fraction of sp³-hybridized carbons (Fsp3) is 0.667. The van der Waals surface area contributed by atoms with Gasteiger partial charge < -0.3 is 10.1 Å². The summed E-state index contributed by atoms with van der Waals surface area (Å²) in [5.41, 5.74) is 0.957. The average Bonchev–Trinajstić information content (AvgIpc) is 2.65. The number of amides is 1. The minimum atomic E-state index is -0.245. The summed E-state index contributed by atoms with van der Waals surface area (Å²) in [6, 6.07) is 6.53. The van der Waals surface area contributed by atoms with Gasteiger partial charge in [-0.25, -0.2) is 4.39 Å². The molecule has 5 heteroatoms. The Morgan fingerprint density at radius 2 is 2.00 bits per heavy atom. The van der Waals surface area contributed by atoms with Crippen LogP contribution in [-0.2, 0) is 9.53 Å². The van der Waals surface area contributed by atoms with Gasteiger partial charge in [-0.2, -0.15) is 0 Å². The van der Waals surface area contributed by atoms with Gasteiger partial charge in [0.2, 0.25) is 5.91 Å². The third-order valence-corrected chi connectivity index (χ3v) is 6.30. The number of carbonyl (C=O) groups is 1. The van der Waals surface area contributed by atoms with Crippen LogP contribution in [0.1, 0.15) is 51.7 Å². The first-order chi connectivity index (χ1) is 12.5. The van der Waals surface area contributed by atoms with E-state index < -0.39 is 0 Å². The molecule has 1 aromatic rings. The van der Waals surface area contributed by atoms with Crippen molar-refractivity contribution >= 4 is 5.91 Å². The van der Waals surface area contributed by atoms with E-state index in [-0.39, 0.29) is 29.9 Å². The van der Waals surface area contributed by atoms with Gasteiger partial charge in [0, 0.05) is 19.1 Å². The van der Waals surface area contributed by atoms with Gasteiger partial charge in [0.1, 0.15) is 5.82 Å². The number of nitrogens with one attached hydrogen (secondary N) is 1. The van der Waals surface area contributed by atoms with Crippen molar-refractivity contribution in [2.75, 3.05) is 19.7 Å². The molecule has 0 unspecified atom stereocenters. The van der Waals surface area contributed by atoms with Crippen molar-refractivity contribution in [2.45, 2.75) is 58.2 Å². The second kappa shape index (κ2) is 8.49. The van der Waals surface area contributed by atoms with E-state index in [9.17, 15) is 9.18 Å². The zero-order valence-corrected chi connectivity index (χ0v) is 16.1. The minimum Gasteiger partial charge on any atom is -0.371 e. The maximum atomic E-state index is 13.1. The van der Waals surface area contributed by atoms with E-state index >= 15 is 0 Å². The van der Waals surface area contributed by atoms with Crippen LogP contribution in [-0.4, -0.2) is 42.6 Å². The third-order valence-electron chi connectivity index (χ3n) is 6.30. The maximum absolute atomic E-state index is 13.1. The number of hydrogen-bond donors (Lipinski definition) is 1. The maximum Gasteiger partial charge on any atom is 0.237 e. The van der Waals surface area contributed by atoms with Crippen molar-refractivity contribution in [3.8, 4) is 0 Å². The smallest absolute Gasteiger partial charge is 0.237 e. The molecule has 1 N–H and O–H groups in total. The van der Waals surface area contributed by atoms with Crippen molar-refractivity contribution in [1.29, 1.82) is 0 Å². The van der Waals surface area contributed by atoms with Crippen LogP contribution in [0.25, 0.3) is 0 Å². The molecular formula is C21H31FN2O2. The molecule has 144 valence electrons. The predicted molar refractivity (Wildman–Crippen MR) is 100 cm³/mol. The van der Waals surface area contributed by atoms with Gasteiger partial charge in [-0.1, -0.05) is 38.8 Å². The molecule has 1 saturated carbocycles. The monoisotopic (exact) mass is 362 g/mol. The van der Waals surface area contributed by atoms with Crippen molar-refractivity contribution in [1.82, 2.24) is 10.2 Å². The first kappa shape index (κ1) is 19.3. The lowest BCUT2D eigenvalue weighted by atomic mass is 9.78. The van der Waals surface area contributed by atoms with Gasteiger partial charge in [-0.15, -0.1) is 0 Å². The van der Waals surface area contributed by atoms with E-state index in [1.165, 1.54) is 25.0 Å². The van der Waals surface area contributed by atoms with Crippen LogP contribution >= 0.6 is 0 Å². The van der Waals surface area contributed by atoms with Gasteiger partial charge in [0.25, 0.3) is 0 Å². The van der Waals surface area contributed by atoms with Crippen LogP contribution in [0.2, 0.25) is 0 Å². The number of halogens is 1. The van der Waals surface area contributed by atoms with Crippen LogP contribution in [0.4, 0.5) is 4.39 Å². The Morgan fingerprint density at radius 1 is 1.27 bits per heavy atom. The number of carbonyl (C=O) groups excluding carboxylic acids is 1. The summed E-state index contributed by atoms with van der Waals surface area (Å²) in [7, 11) is 0. The van der Waals surface area contributed by atoms with E-state index in [2.05, 4.69) is 24.1 Å². The standard InChI is InChI=1S/C21H31FN2O2/c1-14-5-4-6-19(15(14)2)23-21(25)16(3)24-11-12-26-20(13-24)17-7-9-18(22)10-8-17/h7-10,14-16,19-20H,4-6,11-13H2,1-3H3,(H,23,25)/t14-,15-,16-,19+,20+/m1/s1. The lowest BCUT2D eigenvalue weighted by Gasteiger charge is -2.39. The summed E-state index contributed by atoms with van der Waals surface area (Å²) in [4.78, 5) is 15.0. The Bertz CT molecular complexity index is 607. The van der Waals surface area contributed by atoms with E-state index in [1.54, 1.807) is 12.1 Å².